The average Bonchev–Trinajstić information content (AvgIpc) is 2.93. The Morgan fingerprint density at radius 3 is 2.79 bits per heavy atom. The fraction of sp³-hybridized carbons (Fsp3) is 0.158. The van der Waals surface area contributed by atoms with Crippen molar-refractivity contribution in [1.82, 2.24) is 4.57 Å². The van der Waals surface area contributed by atoms with E-state index in [0.29, 0.717) is 29.3 Å². The average molecular weight is 338 g/mol. The summed E-state index contributed by atoms with van der Waals surface area (Å²) in [5.74, 6) is 0.258. The molecule has 122 valence electrons. The summed E-state index contributed by atoms with van der Waals surface area (Å²) in [5, 5.41) is 0. The normalized spacial score (nSPS) is 11.6. The lowest BCUT2D eigenvalue weighted by Gasteiger charge is -2.06. The Bertz CT molecular complexity index is 953. The number of nitrogens with zero attached hydrogens (tertiary/aromatic N) is 2. The highest BCUT2D eigenvalue weighted by atomic mass is 32.1. The molecule has 24 heavy (non-hydrogen) atoms. The number of aromatic nitrogens is 1. The third-order valence-corrected chi connectivity index (χ3v) is 4.57. The molecule has 0 saturated carbocycles. The first-order valence-corrected chi connectivity index (χ1v) is 8.56. The Kier molecular flexibility index (Phi) is 4.91. The molecular formula is C19H18N2O2S. The van der Waals surface area contributed by atoms with Gasteiger partial charge >= 0.3 is 0 Å². The lowest BCUT2D eigenvalue weighted by atomic mass is 10.2. The van der Waals surface area contributed by atoms with E-state index in [1.165, 1.54) is 11.3 Å². The van der Waals surface area contributed by atoms with Crippen LogP contribution in [-0.4, -0.2) is 17.1 Å². The first kappa shape index (κ1) is 16.2. The zero-order chi connectivity index (χ0) is 16.9. The van der Waals surface area contributed by atoms with Crippen molar-refractivity contribution in [2.24, 2.45) is 4.99 Å². The Morgan fingerprint density at radius 2 is 2.00 bits per heavy atom. The number of carbonyl (C=O) groups excluding carboxylic acids is 1. The minimum atomic E-state index is -0.302. The maximum Gasteiger partial charge on any atom is 0.283 e. The van der Waals surface area contributed by atoms with E-state index >= 15 is 0 Å². The van der Waals surface area contributed by atoms with Gasteiger partial charge in [0.1, 0.15) is 5.75 Å². The maximum atomic E-state index is 12.7. The number of carbonyl (C=O) groups is 1. The van der Waals surface area contributed by atoms with Gasteiger partial charge in [0.05, 0.1) is 22.4 Å². The van der Waals surface area contributed by atoms with E-state index in [2.05, 4.69) is 11.6 Å². The first-order valence-electron chi connectivity index (χ1n) is 7.74. The lowest BCUT2D eigenvalue weighted by molar-refractivity contribution is 0.0994. The van der Waals surface area contributed by atoms with Crippen molar-refractivity contribution in [2.45, 2.75) is 13.5 Å². The van der Waals surface area contributed by atoms with Crippen molar-refractivity contribution in [2.75, 3.05) is 6.61 Å². The molecule has 0 saturated heterocycles. The van der Waals surface area contributed by atoms with Gasteiger partial charge in [0.15, 0.2) is 4.80 Å². The number of fused-ring (bicyclic) bond motifs is 1. The minimum absolute atomic E-state index is 0.302. The van der Waals surface area contributed by atoms with Crippen molar-refractivity contribution in [3.05, 3.63) is 71.6 Å². The number of hydrogen-bond acceptors (Lipinski definition) is 3. The van der Waals surface area contributed by atoms with E-state index in [1.54, 1.807) is 18.2 Å². The van der Waals surface area contributed by atoms with Crippen LogP contribution in [0.2, 0.25) is 0 Å². The van der Waals surface area contributed by atoms with Crippen LogP contribution in [0.4, 0.5) is 0 Å². The number of hydrogen-bond donors (Lipinski definition) is 0. The Morgan fingerprint density at radius 1 is 1.25 bits per heavy atom. The van der Waals surface area contributed by atoms with Crippen molar-refractivity contribution in [3.63, 3.8) is 0 Å². The van der Waals surface area contributed by atoms with Crippen molar-refractivity contribution in [1.29, 1.82) is 0 Å². The van der Waals surface area contributed by atoms with E-state index in [4.69, 9.17) is 4.74 Å². The van der Waals surface area contributed by atoms with E-state index < -0.39 is 0 Å². The van der Waals surface area contributed by atoms with Gasteiger partial charge in [-0.25, -0.2) is 0 Å². The molecule has 0 aliphatic rings. The molecule has 1 heterocycles. The zero-order valence-corrected chi connectivity index (χ0v) is 14.3. The standard InChI is InChI=1S/C19H18N2O2S/c1-3-13-21-15-10-6-8-12-17(15)24-19(21)20-18(22)14-9-5-7-11-16(14)23-4-2/h3,5-12H,1,4,13H2,2H3. The maximum absolute atomic E-state index is 12.7. The van der Waals surface area contributed by atoms with E-state index in [1.807, 2.05) is 47.9 Å². The molecule has 0 spiro atoms. The zero-order valence-electron chi connectivity index (χ0n) is 13.4. The van der Waals surface area contributed by atoms with Crippen molar-refractivity contribution < 1.29 is 9.53 Å². The van der Waals surface area contributed by atoms with Crippen LogP contribution >= 0.6 is 11.3 Å². The molecule has 0 radical (unpaired) electrons. The number of para-hydroxylation sites is 2. The van der Waals surface area contributed by atoms with Gasteiger partial charge in [0.2, 0.25) is 0 Å². The topological polar surface area (TPSA) is 43.6 Å². The Labute approximate surface area is 144 Å². The number of benzene rings is 2. The van der Waals surface area contributed by atoms with Crippen LogP contribution in [0.15, 0.2) is 66.2 Å². The van der Waals surface area contributed by atoms with Crippen LogP contribution in [0.1, 0.15) is 17.3 Å². The smallest absolute Gasteiger partial charge is 0.283 e. The molecule has 1 amide bonds. The second-order valence-electron chi connectivity index (χ2n) is 5.10. The highest BCUT2D eigenvalue weighted by Crippen LogP contribution is 2.20. The summed E-state index contributed by atoms with van der Waals surface area (Å²) in [6, 6.07) is 15.2. The van der Waals surface area contributed by atoms with Gasteiger partial charge in [-0.3, -0.25) is 4.79 Å². The first-order chi connectivity index (χ1) is 11.7. The number of allylic oxidation sites excluding steroid dienone is 1. The Balaban J connectivity index is 2.11. The largest absolute Gasteiger partial charge is 0.493 e. The van der Waals surface area contributed by atoms with Crippen LogP contribution < -0.4 is 9.54 Å². The summed E-state index contributed by atoms with van der Waals surface area (Å²) in [7, 11) is 0. The summed E-state index contributed by atoms with van der Waals surface area (Å²) in [4.78, 5) is 17.7. The third kappa shape index (κ3) is 3.16. The van der Waals surface area contributed by atoms with Crippen LogP contribution in [0.25, 0.3) is 10.2 Å². The molecule has 0 aliphatic heterocycles. The predicted octanol–water partition coefficient (Wildman–Crippen LogP) is 4.03. The summed E-state index contributed by atoms with van der Waals surface area (Å²) in [6.45, 7) is 6.79. The molecule has 2 aromatic carbocycles. The second kappa shape index (κ2) is 7.27. The molecular weight excluding hydrogens is 320 g/mol. The lowest BCUT2D eigenvalue weighted by Crippen LogP contribution is -2.16. The highest BCUT2D eigenvalue weighted by molar-refractivity contribution is 7.16. The molecule has 3 aromatic rings. The molecule has 0 aliphatic carbocycles. The van der Waals surface area contributed by atoms with Gasteiger partial charge in [-0.1, -0.05) is 41.7 Å². The number of rotatable bonds is 5. The number of thiazole rings is 1. The molecule has 0 N–H and O–H groups in total. The summed E-state index contributed by atoms with van der Waals surface area (Å²) in [6.07, 6.45) is 1.80. The number of amides is 1. The predicted molar refractivity (Wildman–Crippen MR) is 97.5 cm³/mol. The van der Waals surface area contributed by atoms with Gasteiger partial charge in [-0.05, 0) is 31.2 Å². The number of ether oxygens (including phenoxy) is 1. The quantitative estimate of drug-likeness (QED) is 0.659. The molecule has 0 atom stereocenters. The van der Waals surface area contributed by atoms with Gasteiger partial charge < -0.3 is 9.30 Å². The molecule has 0 fully saturated rings. The van der Waals surface area contributed by atoms with Crippen LogP contribution in [0.3, 0.4) is 0 Å². The third-order valence-electron chi connectivity index (χ3n) is 3.51. The molecule has 0 unspecified atom stereocenters. The molecule has 0 bridgehead atoms. The monoisotopic (exact) mass is 338 g/mol. The molecule has 3 rings (SSSR count). The van der Waals surface area contributed by atoms with Gasteiger partial charge in [-0.2, -0.15) is 4.99 Å². The van der Waals surface area contributed by atoms with Crippen molar-refractivity contribution >= 4 is 27.5 Å². The molecule has 4 nitrogen and oxygen atoms in total. The van der Waals surface area contributed by atoms with Gasteiger partial charge in [0.25, 0.3) is 5.91 Å². The van der Waals surface area contributed by atoms with Crippen LogP contribution in [0, 0.1) is 0 Å². The summed E-state index contributed by atoms with van der Waals surface area (Å²) >= 11 is 1.49. The fourth-order valence-corrected chi connectivity index (χ4v) is 3.52. The van der Waals surface area contributed by atoms with E-state index in [9.17, 15) is 4.79 Å². The van der Waals surface area contributed by atoms with E-state index in [0.717, 1.165) is 10.2 Å². The van der Waals surface area contributed by atoms with Gasteiger partial charge in [0, 0.05) is 6.54 Å². The van der Waals surface area contributed by atoms with Crippen LogP contribution in [-0.2, 0) is 6.54 Å². The minimum Gasteiger partial charge on any atom is -0.493 e. The van der Waals surface area contributed by atoms with E-state index in [-0.39, 0.29) is 5.91 Å². The van der Waals surface area contributed by atoms with Crippen LogP contribution in [0.5, 0.6) is 5.75 Å². The second-order valence-corrected chi connectivity index (χ2v) is 6.11. The highest BCUT2D eigenvalue weighted by Gasteiger charge is 2.12. The SMILES string of the molecule is C=CCn1c(=NC(=O)c2ccccc2OCC)sc2ccccc21. The van der Waals surface area contributed by atoms with Gasteiger partial charge in [-0.15, -0.1) is 6.58 Å². The van der Waals surface area contributed by atoms with Crippen molar-refractivity contribution in [3.8, 4) is 5.75 Å². The fourth-order valence-electron chi connectivity index (χ4n) is 2.48. The molecule has 1 aromatic heterocycles. The molecule has 5 heteroatoms. The summed E-state index contributed by atoms with van der Waals surface area (Å²) < 4.78 is 8.61. The summed E-state index contributed by atoms with van der Waals surface area (Å²) in [5.41, 5.74) is 1.52. The Hall–Kier alpha value is -2.66.